The second kappa shape index (κ2) is 7.31. The second-order valence-corrected chi connectivity index (χ2v) is 7.17. The molecule has 0 radical (unpaired) electrons. The van der Waals surface area contributed by atoms with Crippen LogP contribution in [-0.2, 0) is 16.2 Å². The summed E-state index contributed by atoms with van der Waals surface area (Å²) in [6, 6.07) is 5.57. The molecule has 0 unspecified atom stereocenters. The van der Waals surface area contributed by atoms with Gasteiger partial charge in [-0.2, -0.15) is 0 Å². The highest BCUT2D eigenvalue weighted by atomic mass is 16.7. The SMILES string of the molecule is CN(C)C(=O)N1CCC[C@]2(CC(C(=O)N(C)Cc3ccccn3)=NO2)C1. The van der Waals surface area contributed by atoms with Crippen molar-refractivity contribution in [1.82, 2.24) is 19.7 Å². The van der Waals surface area contributed by atoms with Crippen molar-refractivity contribution >= 4 is 17.6 Å². The lowest BCUT2D eigenvalue weighted by Crippen LogP contribution is -2.53. The van der Waals surface area contributed by atoms with E-state index in [0.717, 1.165) is 18.5 Å². The van der Waals surface area contributed by atoms with Gasteiger partial charge in [0, 0.05) is 40.3 Å². The number of amides is 3. The summed E-state index contributed by atoms with van der Waals surface area (Å²) < 4.78 is 0. The van der Waals surface area contributed by atoms with E-state index in [0.29, 0.717) is 31.8 Å². The minimum absolute atomic E-state index is 0.0419. The molecule has 1 spiro atoms. The van der Waals surface area contributed by atoms with Crippen LogP contribution in [0.1, 0.15) is 25.0 Å². The van der Waals surface area contributed by atoms with Gasteiger partial charge in [0.1, 0.15) is 5.71 Å². The van der Waals surface area contributed by atoms with E-state index < -0.39 is 5.60 Å². The number of piperidine rings is 1. The van der Waals surface area contributed by atoms with Crippen LogP contribution in [0.4, 0.5) is 4.79 Å². The molecule has 3 rings (SSSR count). The summed E-state index contributed by atoms with van der Waals surface area (Å²) in [4.78, 5) is 39.8. The quantitative estimate of drug-likeness (QED) is 0.816. The Morgan fingerprint density at radius 2 is 2.12 bits per heavy atom. The summed E-state index contributed by atoms with van der Waals surface area (Å²) in [5, 5.41) is 4.07. The number of oxime groups is 1. The van der Waals surface area contributed by atoms with E-state index in [1.807, 2.05) is 18.2 Å². The summed E-state index contributed by atoms with van der Waals surface area (Å²) >= 11 is 0. The Labute approximate surface area is 153 Å². The van der Waals surface area contributed by atoms with Gasteiger partial charge in [0.05, 0.1) is 18.8 Å². The van der Waals surface area contributed by atoms with E-state index in [-0.39, 0.29) is 11.9 Å². The highest BCUT2D eigenvalue weighted by Gasteiger charge is 2.46. The van der Waals surface area contributed by atoms with Gasteiger partial charge in [-0.05, 0) is 25.0 Å². The van der Waals surface area contributed by atoms with Crippen LogP contribution < -0.4 is 0 Å². The number of hydrogen-bond donors (Lipinski definition) is 0. The number of carbonyl (C=O) groups excluding carboxylic acids is 2. The topological polar surface area (TPSA) is 78.3 Å². The summed E-state index contributed by atoms with van der Waals surface area (Å²) in [5.74, 6) is -0.163. The van der Waals surface area contributed by atoms with Gasteiger partial charge in [0.2, 0.25) is 0 Å². The third-order valence-electron chi connectivity index (χ3n) is 4.75. The van der Waals surface area contributed by atoms with Crippen LogP contribution in [0.25, 0.3) is 0 Å². The lowest BCUT2D eigenvalue weighted by atomic mass is 9.88. The molecule has 2 aliphatic rings. The fourth-order valence-electron chi connectivity index (χ4n) is 3.43. The maximum absolute atomic E-state index is 12.7. The number of pyridine rings is 1. The first-order valence-electron chi connectivity index (χ1n) is 8.77. The Morgan fingerprint density at radius 1 is 1.31 bits per heavy atom. The smallest absolute Gasteiger partial charge is 0.319 e. The van der Waals surface area contributed by atoms with Crippen LogP contribution in [0.5, 0.6) is 0 Å². The molecule has 1 aromatic heterocycles. The monoisotopic (exact) mass is 359 g/mol. The lowest BCUT2D eigenvalue weighted by molar-refractivity contribution is -0.123. The van der Waals surface area contributed by atoms with E-state index in [1.165, 1.54) is 0 Å². The highest BCUT2D eigenvalue weighted by Crippen LogP contribution is 2.34. The van der Waals surface area contributed by atoms with Crippen LogP contribution in [-0.4, -0.2) is 77.2 Å². The van der Waals surface area contributed by atoms with Crippen LogP contribution in [0.3, 0.4) is 0 Å². The number of urea groups is 1. The van der Waals surface area contributed by atoms with E-state index >= 15 is 0 Å². The Bertz CT molecular complexity index is 706. The van der Waals surface area contributed by atoms with E-state index in [1.54, 1.807) is 42.0 Å². The van der Waals surface area contributed by atoms with Crippen LogP contribution in [0, 0.1) is 0 Å². The van der Waals surface area contributed by atoms with Crippen molar-refractivity contribution in [2.45, 2.75) is 31.4 Å². The molecule has 140 valence electrons. The van der Waals surface area contributed by atoms with Gasteiger partial charge in [-0.3, -0.25) is 9.78 Å². The number of aromatic nitrogens is 1. The van der Waals surface area contributed by atoms with Crippen molar-refractivity contribution in [3.8, 4) is 0 Å². The standard InChI is InChI=1S/C18H25N5O3/c1-21(2)17(25)23-10-6-8-18(13-23)11-15(20-26-18)16(24)22(3)12-14-7-4-5-9-19-14/h4-5,7,9H,6,8,10-13H2,1-3H3/t18-/m0/s1. The lowest BCUT2D eigenvalue weighted by Gasteiger charge is -2.39. The Morgan fingerprint density at radius 3 is 2.81 bits per heavy atom. The molecule has 8 heteroatoms. The summed E-state index contributed by atoms with van der Waals surface area (Å²) in [7, 11) is 5.20. The molecule has 0 aliphatic carbocycles. The zero-order chi connectivity index (χ0) is 18.7. The maximum Gasteiger partial charge on any atom is 0.319 e. The summed E-state index contributed by atoms with van der Waals surface area (Å²) in [6.07, 6.45) is 3.75. The second-order valence-electron chi connectivity index (χ2n) is 7.17. The Hall–Kier alpha value is -2.64. The molecule has 2 aliphatic heterocycles. The molecule has 0 N–H and O–H groups in total. The molecule has 0 bridgehead atoms. The van der Waals surface area contributed by atoms with Crippen molar-refractivity contribution in [2.24, 2.45) is 5.16 Å². The zero-order valence-electron chi connectivity index (χ0n) is 15.5. The number of hydrogen-bond acceptors (Lipinski definition) is 5. The van der Waals surface area contributed by atoms with Crippen molar-refractivity contribution < 1.29 is 14.4 Å². The van der Waals surface area contributed by atoms with E-state index in [2.05, 4.69) is 10.1 Å². The summed E-state index contributed by atoms with van der Waals surface area (Å²) in [6.45, 7) is 1.57. The number of rotatable bonds is 3. The van der Waals surface area contributed by atoms with Crippen molar-refractivity contribution in [2.75, 3.05) is 34.2 Å². The molecule has 1 fully saturated rings. The van der Waals surface area contributed by atoms with Crippen LogP contribution in [0.2, 0.25) is 0 Å². The van der Waals surface area contributed by atoms with Gasteiger partial charge in [0.15, 0.2) is 5.60 Å². The molecule has 0 saturated carbocycles. The molecule has 1 atom stereocenters. The van der Waals surface area contributed by atoms with Gasteiger partial charge < -0.3 is 19.5 Å². The predicted octanol–water partition coefficient (Wildman–Crippen LogP) is 1.33. The maximum atomic E-state index is 12.7. The van der Waals surface area contributed by atoms with E-state index in [4.69, 9.17) is 4.84 Å². The molecule has 1 saturated heterocycles. The van der Waals surface area contributed by atoms with Gasteiger partial charge >= 0.3 is 6.03 Å². The van der Waals surface area contributed by atoms with Crippen molar-refractivity contribution in [1.29, 1.82) is 0 Å². The molecule has 3 amide bonds. The van der Waals surface area contributed by atoms with Gasteiger partial charge in [-0.25, -0.2) is 4.79 Å². The molecule has 0 aromatic carbocycles. The third kappa shape index (κ3) is 3.79. The minimum Gasteiger partial charge on any atom is -0.386 e. The first kappa shape index (κ1) is 18.2. The number of nitrogens with zero attached hydrogens (tertiary/aromatic N) is 5. The largest absolute Gasteiger partial charge is 0.386 e. The first-order valence-corrected chi connectivity index (χ1v) is 8.77. The highest BCUT2D eigenvalue weighted by molar-refractivity contribution is 6.39. The fraction of sp³-hybridized carbons (Fsp3) is 0.556. The average Bonchev–Trinajstić information content (AvgIpc) is 3.04. The van der Waals surface area contributed by atoms with Crippen molar-refractivity contribution in [3.05, 3.63) is 30.1 Å². The zero-order valence-corrected chi connectivity index (χ0v) is 15.5. The average molecular weight is 359 g/mol. The number of likely N-dealkylation sites (tertiary alicyclic amines) is 1. The van der Waals surface area contributed by atoms with Crippen LogP contribution >= 0.6 is 0 Å². The molecule has 26 heavy (non-hydrogen) atoms. The van der Waals surface area contributed by atoms with Gasteiger partial charge in [-0.15, -0.1) is 0 Å². The van der Waals surface area contributed by atoms with Crippen LogP contribution in [0.15, 0.2) is 29.6 Å². The Balaban J connectivity index is 1.61. The summed E-state index contributed by atoms with van der Waals surface area (Å²) in [5.41, 5.74) is 0.640. The van der Waals surface area contributed by atoms with Crippen molar-refractivity contribution in [3.63, 3.8) is 0 Å². The predicted molar refractivity (Wildman–Crippen MR) is 96.5 cm³/mol. The van der Waals surface area contributed by atoms with Gasteiger partial charge in [-0.1, -0.05) is 11.2 Å². The molecule has 3 heterocycles. The first-order chi connectivity index (χ1) is 12.4. The Kier molecular flexibility index (Phi) is 5.11. The number of carbonyl (C=O) groups is 2. The third-order valence-corrected chi connectivity index (χ3v) is 4.75. The fourth-order valence-corrected chi connectivity index (χ4v) is 3.43. The van der Waals surface area contributed by atoms with E-state index in [9.17, 15) is 9.59 Å². The molecule has 1 aromatic rings. The molecule has 8 nitrogen and oxygen atoms in total. The minimum atomic E-state index is -0.583. The molecular weight excluding hydrogens is 334 g/mol. The molecular formula is C18H25N5O3. The van der Waals surface area contributed by atoms with Gasteiger partial charge in [0.25, 0.3) is 5.91 Å². The normalized spacial score (nSPS) is 22.0.